The van der Waals surface area contributed by atoms with Crippen molar-refractivity contribution in [2.45, 2.75) is 25.6 Å². The van der Waals surface area contributed by atoms with Gasteiger partial charge in [0.2, 0.25) is 0 Å². The second kappa shape index (κ2) is 4.75. The number of rotatable bonds is 2. The fourth-order valence-corrected chi connectivity index (χ4v) is 0.852. The van der Waals surface area contributed by atoms with Crippen molar-refractivity contribution in [3.8, 4) is 6.07 Å². The Balaban J connectivity index is 2.22. The summed E-state index contributed by atoms with van der Waals surface area (Å²) in [5.41, 5.74) is 0. The van der Waals surface area contributed by atoms with Crippen LogP contribution < -0.4 is 0 Å². The Morgan fingerprint density at radius 2 is 2.55 bits per heavy atom. The molecule has 0 amide bonds. The zero-order chi connectivity index (χ0) is 7.94. The molecule has 3 heteroatoms. The Labute approximate surface area is 66.2 Å². The number of hydrogen-bond donors (Lipinski definition) is 0. The average Bonchev–Trinajstić information content (AvgIpc) is 2.28. The van der Waals surface area contributed by atoms with Crippen LogP contribution in [-0.4, -0.2) is 12.9 Å². The molecule has 1 aliphatic rings. The maximum absolute atomic E-state index is 8.29. The van der Waals surface area contributed by atoms with E-state index in [0.717, 1.165) is 6.42 Å². The second-order valence-corrected chi connectivity index (χ2v) is 2.29. The van der Waals surface area contributed by atoms with E-state index in [1.165, 1.54) is 0 Å². The van der Waals surface area contributed by atoms with Gasteiger partial charge in [-0.05, 0) is 12.5 Å². The van der Waals surface area contributed by atoms with Gasteiger partial charge >= 0.3 is 0 Å². The van der Waals surface area contributed by atoms with E-state index < -0.39 is 0 Å². The molecule has 60 valence electrons. The van der Waals surface area contributed by atoms with Crippen LogP contribution in [0.4, 0.5) is 0 Å². The molecule has 0 aromatic rings. The van der Waals surface area contributed by atoms with Crippen LogP contribution in [0.25, 0.3) is 0 Å². The normalized spacial score (nSPS) is 23.4. The van der Waals surface area contributed by atoms with Gasteiger partial charge in [0.1, 0.15) is 0 Å². The molecule has 1 unspecified atom stereocenters. The molecule has 0 radical (unpaired) electrons. The minimum absolute atomic E-state index is 0.214. The lowest BCUT2D eigenvalue weighted by atomic mass is 10.3. The molecule has 1 rings (SSSR count). The lowest BCUT2D eigenvalue weighted by molar-refractivity contribution is -0.102. The maximum atomic E-state index is 8.29. The number of nitriles is 1. The molecule has 0 aliphatic carbocycles. The molecule has 0 fully saturated rings. The Hall–Kier alpha value is -1.01. The van der Waals surface area contributed by atoms with E-state index in [2.05, 4.69) is 6.07 Å². The lowest BCUT2D eigenvalue weighted by Gasteiger charge is -2.12. The number of nitrogens with zero attached hydrogens (tertiary/aromatic N) is 1. The fraction of sp³-hybridized carbons (Fsp3) is 0.625. The molecule has 1 aliphatic heterocycles. The van der Waals surface area contributed by atoms with Crippen LogP contribution >= 0.6 is 0 Å². The van der Waals surface area contributed by atoms with Gasteiger partial charge in [0.15, 0.2) is 6.29 Å². The van der Waals surface area contributed by atoms with E-state index in [1.807, 2.05) is 6.08 Å². The van der Waals surface area contributed by atoms with Crippen molar-refractivity contribution < 1.29 is 9.47 Å². The predicted molar refractivity (Wildman–Crippen MR) is 39.4 cm³/mol. The summed E-state index contributed by atoms with van der Waals surface area (Å²) in [4.78, 5) is 0. The third-order valence-electron chi connectivity index (χ3n) is 1.41. The van der Waals surface area contributed by atoms with Gasteiger partial charge in [0.05, 0.1) is 18.9 Å². The molecule has 0 N–H and O–H groups in total. The van der Waals surface area contributed by atoms with Crippen molar-refractivity contribution >= 4 is 0 Å². The first-order valence-electron chi connectivity index (χ1n) is 3.72. The van der Waals surface area contributed by atoms with E-state index in [0.29, 0.717) is 19.4 Å². The molecule has 3 nitrogen and oxygen atoms in total. The summed E-state index contributed by atoms with van der Waals surface area (Å²) >= 11 is 0. The third kappa shape index (κ3) is 3.06. The van der Waals surface area contributed by atoms with E-state index in [-0.39, 0.29) is 6.29 Å². The van der Waals surface area contributed by atoms with Gasteiger partial charge in [-0.2, -0.15) is 5.26 Å². The van der Waals surface area contributed by atoms with E-state index in [4.69, 9.17) is 14.7 Å². The van der Waals surface area contributed by atoms with Gasteiger partial charge in [-0.15, -0.1) is 0 Å². The van der Waals surface area contributed by atoms with Gasteiger partial charge < -0.3 is 9.47 Å². The molecule has 0 saturated heterocycles. The summed E-state index contributed by atoms with van der Waals surface area (Å²) in [5.74, 6) is 0. The quantitative estimate of drug-likeness (QED) is 0.604. The van der Waals surface area contributed by atoms with Crippen molar-refractivity contribution in [2.24, 2.45) is 0 Å². The minimum Gasteiger partial charge on any atom is -0.473 e. The second-order valence-electron chi connectivity index (χ2n) is 2.29. The monoisotopic (exact) mass is 153 g/mol. The Morgan fingerprint density at radius 1 is 1.64 bits per heavy atom. The van der Waals surface area contributed by atoms with Crippen LogP contribution in [0.3, 0.4) is 0 Å². The zero-order valence-electron chi connectivity index (χ0n) is 6.32. The highest BCUT2D eigenvalue weighted by atomic mass is 16.7. The van der Waals surface area contributed by atoms with Crippen LogP contribution in [0.1, 0.15) is 19.3 Å². The SMILES string of the molecule is N#CCCC1OC=CCCO1. The summed E-state index contributed by atoms with van der Waals surface area (Å²) in [7, 11) is 0. The molecule has 0 saturated carbocycles. The van der Waals surface area contributed by atoms with Crippen LogP contribution in [0.15, 0.2) is 12.3 Å². The molecule has 0 spiro atoms. The van der Waals surface area contributed by atoms with Crippen molar-refractivity contribution in [3.63, 3.8) is 0 Å². The summed E-state index contributed by atoms with van der Waals surface area (Å²) in [5, 5.41) is 8.29. The van der Waals surface area contributed by atoms with Crippen molar-refractivity contribution in [1.82, 2.24) is 0 Å². The Morgan fingerprint density at radius 3 is 3.36 bits per heavy atom. The average molecular weight is 153 g/mol. The summed E-state index contributed by atoms with van der Waals surface area (Å²) in [6.07, 6.45) is 5.39. The molecule has 1 atom stereocenters. The summed E-state index contributed by atoms with van der Waals surface area (Å²) in [6.45, 7) is 0.687. The van der Waals surface area contributed by atoms with Crippen LogP contribution in [0.2, 0.25) is 0 Å². The zero-order valence-corrected chi connectivity index (χ0v) is 6.32. The highest BCUT2D eigenvalue weighted by molar-refractivity contribution is 4.77. The minimum atomic E-state index is -0.214. The van der Waals surface area contributed by atoms with E-state index >= 15 is 0 Å². The van der Waals surface area contributed by atoms with Crippen molar-refractivity contribution in [1.29, 1.82) is 5.26 Å². The van der Waals surface area contributed by atoms with Crippen LogP contribution in [-0.2, 0) is 9.47 Å². The fourth-order valence-electron chi connectivity index (χ4n) is 0.852. The molecular weight excluding hydrogens is 142 g/mol. The topological polar surface area (TPSA) is 42.2 Å². The first-order valence-corrected chi connectivity index (χ1v) is 3.72. The smallest absolute Gasteiger partial charge is 0.199 e. The highest BCUT2D eigenvalue weighted by Crippen LogP contribution is 2.08. The standard InChI is InChI=1S/C8H11NO2/c9-5-3-4-8-10-6-1-2-7-11-8/h1,6,8H,2-4,7H2. The van der Waals surface area contributed by atoms with Gasteiger partial charge in [-0.1, -0.05) is 0 Å². The van der Waals surface area contributed by atoms with Crippen molar-refractivity contribution in [2.75, 3.05) is 6.61 Å². The Bertz CT molecular complexity index is 171. The van der Waals surface area contributed by atoms with E-state index in [9.17, 15) is 0 Å². The summed E-state index contributed by atoms with van der Waals surface area (Å²) < 4.78 is 10.4. The molecule has 0 bridgehead atoms. The first kappa shape index (κ1) is 8.09. The lowest BCUT2D eigenvalue weighted by Crippen LogP contribution is -2.13. The Kier molecular flexibility index (Phi) is 3.49. The van der Waals surface area contributed by atoms with Gasteiger partial charge in [-0.3, -0.25) is 0 Å². The van der Waals surface area contributed by atoms with Gasteiger partial charge in [0.25, 0.3) is 0 Å². The van der Waals surface area contributed by atoms with Gasteiger partial charge in [-0.25, -0.2) is 0 Å². The number of hydrogen-bond acceptors (Lipinski definition) is 3. The largest absolute Gasteiger partial charge is 0.473 e. The molecular formula is C8H11NO2. The molecule has 1 heterocycles. The number of ether oxygens (including phenoxy) is 2. The molecule has 0 aromatic carbocycles. The first-order chi connectivity index (χ1) is 5.43. The van der Waals surface area contributed by atoms with Crippen LogP contribution in [0, 0.1) is 11.3 Å². The predicted octanol–water partition coefficient (Wildman–Crippen LogP) is 1.57. The highest BCUT2D eigenvalue weighted by Gasteiger charge is 2.08. The molecule has 11 heavy (non-hydrogen) atoms. The third-order valence-corrected chi connectivity index (χ3v) is 1.41. The molecule has 0 aromatic heterocycles. The van der Waals surface area contributed by atoms with E-state index in [1.54, 1.807) is 6.26 Å². The van der Waals surface area contributed by atoms with Crippen LogP contribution in [0.5, 0.6) is 0 Å². The maximum Gasteiger partial charge on any atom is 0.199 e. The van der Waals surface area contributed by atoms with Gasteiger partial charge in [0, 0.05) is 12.8 Å². The summed E-state index contributed by atoms with van der Waals surface area (Å²) in [6, 6.07) is 2.05. The van der Waals surface area contributed by atoms with Crippen molar-refractivity contribution in [3.05, 3.63) is 12.3 Å².